The Morgan fingerprint density at radius 2 is 1.96 bits per heavy atom. The Hall–Kier alpha value is -2.06. The Morgan fingerprint density at radius 3 is 2.67 bits per heavy atom. The molecule has 0 bridgehead atoms. The molecule has 1 N–H and O–H groups in total. The van der Waals surface area contributed by atoms with Crippen molar-refractivity contribution in [2.24, 2.45) is 10.9 Å². The number of nitrogens with zero attached hydrogens (tertiary/aromatic N) is 4. The number of ether oxygens (including phenoxy) is 1. The molecule has 1 atom stereocenters. The van der Waals surface area contributed by atoms with Crippen LogP contribution in [-0.2, 0) is 9.53 Å². The van der Waals surface area contributed by atoms with Crippen molar-refractivity contribution >= 4 is 23.5 Å². The van der Waals surface area contributed by atoms with Gasteiger partial charge >= 0.3 is 6.03 Å². The smallest absolute Gasteiger partial charge is 0.379 e. The van der Waals surface area contributed by atoms with Gasteiger partial charge in [0.1, 0.15) is 0 Å². The van der Waals surface area contributed by atoms with E-state index in [-0.39, 0.29) is 11.9 Å². The molecule has 24 heavy (non-hydrogen) atoms. The second-order valence-corrected chi connectivity index (χ2v) is 6.25. The molecule has 8 heteroatoms. The number of imide groups is 1. The Bertz CT molecular complexity index is 634. The van der Waals surface area contributed by atoms with Crippen molar-refractivity contribution in [3.05, 3.63) is 11.8 Å². The van der Waals surface area contributed by atoms with E-state index in [1.54, 1.807) is 7.05 Å². The number of urea groups is 1. The van der Waals surface area contributed by atoms with Crippen molar-refractivity contribution in [2.75, 3.05) is 53.5 Å². The molecule has 3 aliphatic rings. The van der Waals surface area contributed by atoms with Gasteiger partial charge in [-0.25, -0.2) is 14.7 Å². The first-order chi connectivity index (χ1) is 11.5. The van der Waals surface area contributed by atoms with Crippen LogP contribution in [0.5, 0.6) is 0 Å². The van der Waals surface area contributed by atoms with Gasteiger partial charge in [0, 0.05) is 32.3 Å². The van der Waals surface area contributed by atoms with Crippen LogP contribution >= 0.6 is 0 Å². The molecule has 0 aromatic carbocycles. The van der Waals surface area contributed by atoms with Gasteiger partial charge in [0.05, 0.1) is 38.7 Å². The Kier molecular flexibility index (Phi) is 4.77. The van der Waals surface area contributed by atoms with Gasteiger partial charge in [-0.3, -0.25) is 14.7 Å². The maximum absolute atomic E-state index is 12.6. The Balaban J connectivity index is 1.78. The van der Waals surface area contributed by atoms with Gasteiger partial charge in [0.2, 0.25) is 0 Å². The predicted octanol–water partition coefficient (Wildman–Crippen LogP) is -1.70. The van der Waals surface area contributed by atoms with Gasteiger partial charge < -0.3 is 4.74 Å². The maximum Gasteiger partial charge on any atom is 0.417 e. The first-order valence-corrected chi connectivity index (χ1v) is 8.21. The normalized spacial score (nSPS) is 27.3. The zero-order valence-electron chi connectivity index (χ0n) is 14.4. The predicted molar refractivity (Wildman–Crippen MR) is 88.7 cm³/mol. The summed E-state index contributed by atoms with van der Waals surface area (Å²) in [5, 5.41) is 0. The number of carbonyl (C=O) groups is 2. The van der Waals surface area contributed by atoms with Crippen LogP contribution < -0.4 is 4.99 Å². The lowest BCUT2D eigenvalue weighted by Crippen LogP contribution is -2.80. The molecule has 3 aliphatic heterocycles. The summed E-state index contributed by atoms with van der Waals surface area (Å²) in [6.45, 7) is 6.75. The third-order valence-electron chi connectivity index (χ3n) is 4.70. The van der Waals surface area contributed by atoms with E-state index in [2.05, 4.69) is 9.89 Å². The summed E-state index contributed by atoms with van der Waals surface area (Å²) in [6, 6.07) is -0.334. The van der Waals surface area contributed by atoms with Crippen LogP contribution in [0.1, 0.15) is 6.92 Å². The Labute approximate surface area is 141 Å². The van der Waals surface area contributed by atoms with Crippen molar-refractivity contribution in [3.8, 4) is 0 Å². The molecule has 3 rings (SSSR count). The number of hydrogen-bond donors (Lipinski definition) is 1. The Morgan fingerprint density at radius 1 is 1.25 bits per heavy atom. The molecule has 0 radical (unpaired) electrons. The van der Waals surface area contributed by atoms with E-state index in [1.165, 1.54) is 11.9 Å². The highest BCUT2D eigenvalue weighted by atomic mass is 16.5. The monoisotopic (exact) mass is 334 g/mol. The standard InChI is InChI=1S/C16H23N5O3/c1-11-10-18-14-12(15(22)20(3)16(23)19(14)2)13(11)17-4-5-21-6-8-24-9-7-21/h10,12H,4-9H2,1-3H3/p+1. The number of morpholine rings is 1. The summed E-state index contributed by atoms with van der Waals surface area (Å²) < 4.78 is 5.35. The third-order valence-corrected chi connectivity index (χ3v) is 4.70. The van der Waals surface area contributed by atoms with Crippen molar-refractivity contribution < 1.29 is 19.3 Å². The van der Waals surface area contributed by atoms with Gasteiger partial charge in [-0.15, -0.1) is 0 Å². The number of amides is 3. The van der Waals surface area contributed by atoms with Crippen molar-refractivity contribution in [1.29, 1.82) is 0 Å². The van der Waals surface area contributed by atoms with E-state index in [9.17, 15) is 9.59 Å². The van der Waals surface area contributed by atoms with Crippen LogP contribution in [0.2, 0.25) is 0 Å². The first-order valence-electron chi connectivity index (χ1n) is 8.21. The molecular formula is C16H24N5O3+. The molecule has 2 fully saturated rings. The van der Waals surface area contributed by atoms with Gasteiger partial charge in [-0.1, -0.05) is 0 Å². The average Bonchev–Trinajstić information content (AvgIpc) is 2.60. The summed E-state index contributed by atoms with van der Waals surface area (Å²) in [7, 11) is 3.18. The highest BCUT2D eigenvalue weighted by molar-refractivity contribution is 6.31. The van der Waals surface area contributed by atoms with Gasteiger partial charge in [0.25, 0.3) is 11.7 Å². The number of hydrogen-bond acceptors (Lipinski definition) is 5. The molecule has 8 nitrogen and oxygen atoms in total. The van der Waals surface area contributed by atoms with Crippen molar-refractivity contribution in [1.82, 2.24) is 14.7 Å². The largest absolute Gasteiger partial charge is 0.417 e. The molecule has 0 aromatic heterocycles. The van der Waals surface area contributed by atoms with E-state index in [4.69, 9.17) is 9.73 Å². The molecule has 0 aliphatic carbocycles. The molecule has 0 spiro atoms. The molecule has 3 heterocycles. The molecular weight excluding hydrogens is 310 g/mol. The number of rotatable bonds is 3. The average molecular weight is 334 g/mol. The summed E-state index contributed by atoms with van der Waals surface area (Å²) in [5.41, 5.74) is 1.67. The van der Waals surface area contributed by atoms with Crippen LogP contribution in [-0.4, -0.2) is 91.7 Å². The second-order valence-electron chi connectivity index (χ2n) is 6.25. The lowest BCUT2D eigenvalue weighted by molar-refractivity contribution is -0.383. The fourth-order valence-corrected chi connectivity index (χ4v) is 3.19. The number of allylic oxidation sites excluding steroid dienone is 1. The third kappa shape index (κ3) is 2.99. The van der Waals surface area contributed by atoms with Crippen LogP contribution in [0.4, 0.5) is 4.79 Å². The summed E-state index contributed by atoms with van der Waals surface area (Å²) in [4.78, 5) is 37.4. The molecule has 0 saturated carbocycles. The highest BCUT2D eigenvalue weighted by Gasteiger charge is 2.50. The number of carbonyl (C=O) groups excluding carboxylic acids is 2. The molecule has 3 amide bonds. The van der Waals surface area contributed by atoms with Gasteiger partial charge in [-0.05, 0) is 6.92 Å². The number of nitrogens with one attached hydrogen (secondary N) is 1. The molecule has 1 unspecified atom stereocenters. The number of aliphatic imine (C=N–C) groups is 1. The zero-order valence-corrected chi connectivity index (χ0v) is 14.4. The number of amidine groups is 1. The highest BCUT2D eigenvalue weighted by Crippen LogP contribution is 2.20. The summed E-state index contributed by atoms with van der Waals surface area (Å²) >= 11 is 0. The quantitative estimate of drug-likeness (QED) is 0.667. The van der Waals surface area contributed by atoms with E-state index in [0.29, 0.717) is 12.4 Å². The van der Waals surface area contributed by atoms with E-state index >= 15 is 0 Å². The van der Waals surface area contributed by atoms with E-state index < -0.39 is 5.92 Å². The fraction of sp³-hybridized carbons (Fsp3) is 0.625. The molecule has 2 saturated heterocycles. The first kappa shape index (κ1) is 16.8. The van der Waals surface area contributed by atoms with Crippen LogP contribution in [0.15, 0.2) is 16.8 Å². The van der Waals surface area contributed by atoms with E-state index in [1.807, 2.05) is 13.1 Å². The minimum absolute atomic E-state index is 0.238. The van der Waals surface area contributed by atoms with Gasteiger partial charge in [0.15, 0.2) is 5.92 Å². The van der Waals surface area contributed by atoms with Crippen LogP contribution in [0.3, 0.4) is 0 Å². The fourth-order valence-electron chi connectivity index (χ4n) is 3.19. The second kappa shape index (κ2) is 6.82. The molecule has 130 valence electrons. The summed E-state index contributed by atoms with van der Waals surface area (Å²) in [5.74, 6) is -0.190. The van der Waals surface area contributed by atoms with E-state index in [0.717, 1.165) is 49.0 Å². The lowest BCUT2D eigenvalue weighted by atomic mass is 9.91. The van der Waals surface area contributed by atoms with Crippen molar-refractivity contribution in [2.45, 2.75) is 6.92 Å². The minimum atomic E-state index is -0.535. The topological polar surface area (TPSA) is 79.4 Å². The summed E-state index contributed by atoms with van der Waals surface area (Å²) in [6.07, 6.45) is 1.81. The van der Waals surface area contributed by atoms with Gasteiger partial charge in [-0.2, -0.15) is 4.90 Å². The van der Waals surface area contributed by atoms with Crippen LogP contribution in [0, 0.1) is 5.92 Å². The minimum Gasteiger partial charge on any atom is -0.379 e. The zero-order chi connectivity index (χ0) is 17.3. The van der Waals surface area contributed by atoms with Crippen molar-refractivity contribution in [3.63, 3.8) is 0 Å². The lowest BCUT2D eigenvalue weighted by Gasteiger charge is -2.32. The molecule has 0 aromatic rings. The number of fused-ring (bicyclic) bond motifs is 1. The van der Waals surface area contributed by atoms with Crippen LogP contribution in [0.25, 0.3) is 0 Å². The maximum atomic E-state index is 12.6. The SMILES string of the molecule is CC1=C[NH+]=C2C(C(=O)N(C)C(=O)N2C)C1=NCCN1CCOCC1.